The van der Waals surface area contributed by atoms with E-state index in [9.17, 15) is 4.79 Å². The van der Waals surface area contributed by atoms with Crippen molar-refractivity contribution < 1.29 is 14.3 Å². The molecular formula is C13H19NO3. The molecule has 1 amide bonds. The third-order valence-electron chi connectivity index (χ3n) is 2.37. The van der Waals surface area contributed by atoms with Gasteiger partial charge in [0, 0.05) is 13.7 Å². The molecule has 0 heterocycles. The monoisotopic (exact) mass is 237 g/mol. The first-order valence-electron chi connectivity index (χ1n) is 5.65. The Labute approximate surface area is 102 Å². The molecule has 1 N–H and O–H groups in total. The summed E-state index contributed by atoms with van der Waals surface area (Å²) >= 11 is 0. The van der Waals surface area contributed by atoms with E-state index in [0.717, 1.165) is 18.6 Å². The number of hydrogen-bond donors (Lipinski definition) is 1. The number of hydrogen-bond acceptors (Lipinski definition) is 3. The van der Waals surface area contributed by atoms with Gasteiger partial charge < -0.3 is 14.8 Å². The molecule has 4 nitrogen and oxygen atoms in total. The molecule has 0 saturated heterocycles. The summed E-state index contributed by atoms with van der Waals surface area (Å²) in [4.78, 5) is 11.1. The highest BCUT2D eigenvalue weighted by Crippen LogP contribution is 2.13. The van der Waals surface area contributed by atoms with Crippen molar-refractivity contribution in [2.75, 3.05) is 27.4 Å². The lowest BCUT2D eigenvalue weighted by atomic mass is 10.1. The minimum Gasteiger partial charge on any atom is -0.497 e. The molecule has 0 aliphatic carbocycles. The van der Waals surface area contributed by atoms with Crippen molar-refractivity contribution in [3.8, 4) is 5.75 Å². The van der Waals surface area contributed by atoms with Crippen LogP contribution >= 0.6 is 0 Å². The smallest absolute Gasteiger partial charge is 0.245 e. The maximum atomic E-state index is 11.1. The van der Waals surface area contributed by atoms with Crippen LogP contribution in [0.1, 0.15) is 12.0 Å². The second-order valence-electron chi connectivity index (χ2n) is 3.74. The van der Waals surface area contributed by atoms with Crippen LogP contribution in [-0.2, 0) is 16.0 Å². The summed E-state index contributed by atoms with van der Waals surface area (Å²) in [5, 5.41) is 2.79. The van der Waals surface area contributed by atoms with Crippen LogP contribution in [0.25, 0.3) is 0 Å². The number of nitrogens with one attached hydrogen (secondary N) is 1. The van der Waals surface area contributed by atoms with Crippen molar-refractivity contribution in [2.45, 2.75) is 12.8 Å². The van der Waals surface area contributed by atoms with Crippen LogP contribution < -0.4 is 10.1 Å². The predicted octanol–water partition coefficient (Wildman–Crippen LogP) is 1.39. The first-order chi connectivity index (χ1) is 8.26. The number of benzene rings is 1. The molecule has 94 valence electrons. The fourth-order valence-corrected chi connectivity index (χ4v) is 1.53. The SMILES string of the molecule is COCC(=O)NCCCc1cccc(OC)c1. The number of carbonyl (C=O) groups excluding carboxylic acids is 1. The van der Waals surface area contributed by atoms with E-state index in [0.29, 0.717) is 6.54 Å². The Morgan fingerprint density at radius 1 is 1.35 bits per heavy atom. The number of ether oxygens (including phenoxy) is 2. The normalized spacial score (nSPS) is 10.0. The molecular weight excluding hydrogens is 218 g/mol. The fourth-order valence-electron chi connectivity index (χ4n) is 1.53. The van der Waals surface area contributed by atoms with E-state index in [1.54, 1.807) is 7.11 Å². The molecule has 1 rings (SSSR count). The molecule has 17 heavy (non-hydrogen) atoms. The second-order valence-corrected chi connectivity index (χ2v) is 3.74. The van der Waals surface area contributed by atoms with Gasteiger partial charge in [0.05, 0.1) is 7.11 Å². The summed E-state index contributed by atoms with van der Waals surface area (Å²) in [6.07, 6.45) is 1.83. The topological polar surface area (TPSA) is 47.6 Å². The van der Waals surface area contributed by atoms with Crippen LogP contribution in [0, 0.1) is 0 Å². The van der Waals surface area contributed by atoms with E-state index in [1.807, 2.05) is 18.2 Å². The number of amides is 1. The molecule has 0 aromatic heterocycles. The van der Waals surface area contributed by atoms with Crippen LogP contribution in [0.4, 0.5) is 0 Å². The maximum Gasteiger partial charge on any atom is 0.245 e. The quantitative estimate of drug-likeness (QED) is 0.729. The third-order valence-corrected chi connectivity index (χ3v) is 2.37. The largest absolute Gasteiger partial charge is 0.497 e. The molecule has 0 radical (unpaired) electrons. The molecule has 0 aliphatic rings. The molecule has 4 heteroatoms. The number of aryl methyl sites for hydroxylation is 1. The van der Waals surface area contributed by atoms with E-state index in [2.05, 4.69) is 11.4 Å². The van der Waals surface area contributed by atoms with Crippen molar-refractivity contribution in [2.24, 2.45) is 0 Å². The van der Waals surface area contributed by atoms with E-state index in [-0.39, 0.29) is 12.5 Å². The van der Waals surface area contributed by atoms with Crippen molar-refractivity contribution in [3.63, 3.8) is 0 Å². The summed E-state index contributed by atoms with van der Waals surface area (Å²) in [6.45, 7) is 0.790. The van der Waals surface area contributed by atoms with E-state index < -0.39 is 0 Å². The first-order valence-corrected chi connectivity index (χ1v) is 5.65. The summed E-state index contributed by atoms with van der Waals surface area (Å²) in [6, 6.07) is 7.96. The predicted molar refractivity (Wildman–Crippen MR) is 66.2 cm³/mol. The first kappa shape index (κ1) is 13.5. The van der Waals surface area contributed by atoms with Crippen molar-refractivity contribution >= 4 is 5.91 Å². The molecule has 1 aromatic carbocycles. The lowest BCUT2D eigenvalue weighted by Crippen LogP contribution is -2.28. The minimum atomic E-state index is -0.0712. The van der Waals surface area contributed by atoms with Crippen LogP contribution in [0.3, 0.4) is 0 Å². The van der Waals surface area contributed by atoms with Gasteiger partial charge in [-0.15, -0.1) is 0 Å². The van der Waals surface area contributed by atoms with E-state index >= 15 is 0 Å². The zero-order valence-electron chi connectivity index (χ0n) is 10.4. The van der Waals surface area contributed by atoms with Gasteiger partial charge in [-0.05, 0) is 30.5 Å². The number of methoxy groups -OCH3 is 2. The molecule has 0 saturated carbocycles. The highest BCUT2D eigenvalue weighted by Gasteiger charge is 1.99. The lowest BCUT2D eigenvalue weighted by molar-refractivity contribution is -0.124. The summed E-state index contributed by atoms with van der Waals surface area (Å²) in [5.74, 6) is 0.795. The van der Waals surface area contributed by atoms with Crippen LogP contribution in [-0.4, -0.2) is 33.3 Å². The Morgan fingerprint density at radius 2 is 2.18 bits per heavy atom. The Bertz CT molecular complexity index is 352. The molecule has 0 aliphatic heterocycles. The number of rotatable bonds is 7. The summed E-state index contributed by atoms with van der Waals surface area (Å²) in [7, 11) is 3.17. The van der Waals surface area contributed by atoms with Gasteiger partial charge in [0.15, 0.2) is 0 Å². The molecule has 0 spiro atoms. The van der Waals surface area contributed by atoms with Gasteiger partial charge in [-0.25, -0.2) is 0 Å². The van der Waals surface area contributed by atoms with Crippen LogP contribution in [0.5, 0.6) is 5.75 Å². The average molecular weight is 237 g/mol. The van der Waals surface area contributed by atoms with E-state index in [4.69, 9.17) is 9.47 Å². The minimum absolute atomic E-state index is 0.0712. The summed E-state index contributed by atoms with van der Waals surface area (Å²) in [5.41, 5.74) is 1.21. The van der Waals surface area contributed by atoms with Crippen LogP contribution in [0.2, 0.25) is 0 Å². The maximum absolute atomic E-state index is 11.1. The Kier molecular flexibility index (Phi) is 6.10. The van der Waals surface area contributed by atoms with Gasteiger partial charge in [0.25, 0.3) is 0 Å². The molecule has 1 aromatic rings. The van der Waals surface area contributed by atoms with Gasteiger partial charge in [0.2, 0.25) is 5.91 Å². The van der Waals surface area contributed by atoms with Crippen LogP contribution in [0.15, 0.2) is 24.3 Å². The zero-order chi connectivity index (χ0) is 12.5. The lowest BCUT2D eigenvalue weighted by Gasteiger charge is -2.06. The van der Waals surface area contributed by atoms with Gasteiger partial charge >= 0.3 is 0 Å². The standard InChI is InChI=1S/C13H19NO3/c1-16-10-13(15)14-8-4-6-11-5-3-7-12(9-11)17-2/h3,5,7,9H,4,6,8,10H2,1-2H3,(H,14,15). The second kappa shape index (κ2) is 7.68. The van der Waals surface area contributed by atoms with Gasteiger partial charge in [-0.2, -0.15) is 0 Å². The average Bonchev–Trinajstić information content (AvgIpc) is 2.35. The Hall–Kier alpha value is -1.55. The van der Waals surface area contributed by atoms with E-state index in [1.165, 1.54) is 12.7 Å². The molecule has 0 atom stereocenters. The Balaban J connectivity index is 2.24. The molecule has 0 bridgehead atoms. The molecule has 0 fully saturated rings. The van der Waals surface area contributed by atoms with Gasteiger partial charge in [-0.3, -0.25) is 4.79 Å². The van der Waals surface area contributed by atoms with Gasteiger partial charge in [0.1, 0.15) is 12.4 Å². The fraction of sp³-hybridized carbons (Fsp3) is 0.462. The van der Waals surface area contributed by atoms with Crippen molar-refractivity contribution in [1.82, 2.24) is 5.32 Å². The van der Waals surface area contributed by atoms with Crippen molar-refractivity contribution in [1.29, 1.82) is 0 Å². The summed E-state index contributed by atoms with van der Waals surface area (Å²) < 4.78 is 9.87. The van der Waals surface area contributed by atoms with Gasteiger partial charge in [-0.1, -0.05) is 12.1 Å². The highest BCUT2D eigenvalue weighted by atomic mass is 16.5. The van der Waals surface area contributed by atoms with Crippen molar-refractivity contribution in [3.05, 3.63) is 29.8 Å². The number of carbonyl (C=O) groups is 1. The third kappa shape index (κ3) is 5.36. The molecule has 0 unspecified atom stereocenters. The highest BCUT2D eigenvalue weighted by molar-refractivity contribution is 5.77. The Morgan fingerprint density at radius 3 is 2.88 bits per heavy atom. The zero-order valence-corrected chi connectivity index (χ0v) is 10.4.